The summed E-state index contributed by atoms with van der Waals surface area (Å²) in [6.45, 7) is 4.91. The number of carboxylic acid groups (broad SMARTS) is 4. The van der Waals surface area contributed by atoms with E-state index in [2.05, 4.69) is 21.3 Å². The van der Waals surface area contributed by atoms with Gasteiger partial charge in [0.25, 0.3) is 5.91 Å². The molecule has 0 aliphatic rings. The van der Waals surface area contributed by atoms with Gasteiger partial charge in [0.05, 0.1) is 30.8 Å². The third-order valence-corrected chi connectivity index (χ3v) is 16.7. The fourth-order valence-corrected chi connectivity index (χ4v) is 10.9. The zero-order chi connectivity index (χ0) is 72.7. The average molecular weight is 1360 g/mol. The molecule has 7 rings (SSSR count). The van der Waals surface area contributed by atoms with Crippen molar-refractivity contribution in [3.63, 3.8) is 0 Å². The Kier molecular flexibility index (Phi) is 30.7. The first-order chi connectivity index (χ1) is 47.8. The Labute approximate surface area is 581 Å². The van der Waals surface area contributed by atoms with Crippen molar-refractivity contribution in [2.24, 2.45) is 29.6 Å². The maximum atomic E-state index is 13.9. The molecule has 100 heavy (non-hydrogen) atoms. The lowest BCUT2D eigenvalue weighted by atomic mass is 9.89. The van der Waals surface area contributed by atoms with Gasteiger partial charge in [-0.05, 0) is 89.2 Å². The van der Waals surface area contributed by atoms with Gasteiger partial charge in [-0.1, -0.05) is 220 Å². The number of carbonyl (C=O) groups excluding carboxylic acids is 8. The van der Waals surface area contributed by atoms with Gasteiger partial charge in [0, 0.05) is 67.5 Å². The Morgan fingerprint density at radius 2 is 0.720 bits per heavy atom. The highest BCUT2D eigenvalue weighted by Crippen LogP contribution is 2.23. The van der Waals surface area contributed by atoms with Crippen molar-refractivity contribution in [1.82, 2.24) is 21.3 Å². The van der Waals surface area contributed by atoms with E-state index in [1.165, 1.54) is 6.92 Å². The molecule has 0 aromatic heterocycles. The van der Waals surface area contributed by atoms with Crippen molar-refractivity contribution in [3.05, 3.63) is 250 Å². The molecule has 20 nitrogen and oxygen atoms in total. The minimum atomic E-state index is -1.70. The van der Waals surface area contributed by atoms with Crippen LogP contribution in [0, 0.1) is 29.6 Å². The van der Waals surface area contributed by atoms with E-state index in [1.807, 2.05) is 140 Å². The van der Waals surface area contributed by atoms with E-state index in [0.29, 0.717) is 23.1 Å². The van der Waals surface area contributed by atoms with Crippen LogP contribution < -0.4 is 21.3 Å². The van der Waals surface area contributed by atoms with Crippen LogP contribution in [0.25, 0.3) is 24.3 Å². The first-order valence-corrected chi connectivity index (χ1v) is 32.8. The molecule has 7 aromatic carbocycles. The molecule has 7 aromatic rings. The zero-order valence-electron chi connectivity index (χ0n) is 56.2. The minimum Gasteiger partial charge on any atom is -0.481 e. The first kappa shape index (κ1) is 77.5. The predicted molar refractivity (Wildman–Crippen MR) is 379 cm³/mol. The maximum Gasteiger partial charge on any atom is 0.326 e. The van der Waals surface area contributed by atoms with Crippen LogP contribution >= 0.6 is 0 Å². The van der Waals surface area contributed by atoms with Crippen molar-refractivity contribution in [2.75, 3.05) is 7.05 Å². The Balaban J connectivity index is 0.000000370. The van der Waals surface area contributed by atoms with Crippen molar-refractivity contribution >= 4 is 94.9 Å². The van der Waals surface area contributed by atoms with Crippen molar-refractivity contribution in [2.45, 2.75) is 103 Å². The van der Waals surface area contributed by atoms with Gasteiger partial charge in [-0.15, -0.1) is 0 Å². The number of ketones is 4. The van der Waals surface area contributed by atoms with E-state index in [-0.39, 0.29) is 61.9 Å². The van der Waals surface area contributed by atoms with Crippen LogP contribution in [0.15, 0.2) is 194 Å². The molecule has 0 bridgehead atoms. The molecule has 8 atom stereocenters. The second-order valence-electron chi connectivity index (χ2n) is 24.7. The second-order valence-corrected chi connectivity index (χ2v) is 24.7. The molecule has 0 aliphatic heterocycles. The van der Waals surface area contributed by atoms with Crippen LogP contribution in [-0.2, 0) is 73.6 Å². The number of aliphatic carboxylic acids is 4. The quantitative estimate of drug-likeness (QED) is 0.0133. The number of rotatable bonds is 37. The molecule has 0 heterocycles. The molecule has 0 saturated heterocycles. The number of amides is 4. The van der Waals surface area contributed by atoms with E-state index in [4.69, 9.17) is 10.2 Å². The monoisotopic (exact) mass is 1360 g/mol. The van der Waals surface area contributed by atoms with E-state index in [0.717, 1.165) is 38.9 Å². The largest absolute Gasteiger partial charge is 0.481 e. The van der Waals surface area contributed by atoms with Crippen LogP contribution in [0.3, 0.4) is 0 Å². The summed E-state index contributed by atoms with van der Waals surface area (Å²) in [6, 6.07) is 55.0. The third-order valence-electron chi connectivity index (χ3n) is 16.7. The van der Waals surface area contributed by atoms with Gasteiger partial charge in [0.1, 0.15) is 11.8 Å². The summed E-state index contributed by atoms with van der Waals surface area (Å²) in [7, 11) is 1.60. The standard InChI is InChI=1S/C52H51N3O9.C28H33NO7/c1-34(46(56)31-43(29-39-9-5-3-6-10-39)51(62)55-45(52(63)64)33-48(58)59)54-50(61)44(30-40-11-7-4-8-12-40)32-47(57)41-25-21-37(22-26-41)19-17-35-13-15-36(16-14-35)18-20-38-23-27-42(28-24-38)49(60)53-2;1-18(13-20-9-5-3-6-10-20)24(30)14-19(2)27(34)29-23(15-21-11-7-4-8-12-21)25(31)16-22(28(35)36)17-26(32)33/h3-28,34,43-45H,29-33H2,1-2H3,(H,53,60)(H,54,61)(H,55,62)(H,58,59)(H,63,64);3-12,18-19,22-23H,13-17H2,1-2H3,(H,29,34)(H,32,33)(H,35,36)/b19-17+,20-18+;/t34-,43+,44+,45-;18-,19+,22-,23-/m00/s1. The zero-order valence-corrected chi connectivity index (χ0v) is 56.2. The van der Waals surface area contributed by atoms with E-state index >= 15 is 0 Å². The number of carboxylic acids is 4. The fourth-order valence-electron chi connectivity index (χ4n) is 10.9. The summed E-state index contributed by atoms with van der Waals surface area (Å²) in [6.07, 6.45) is 6.25. The van der Waals surface area contributed by atoms with Crippen LogP contribution in [0.5, 0.6) is 0 Å². The average Bonchev–Trinajstić information content (AvgIpc) is 0.867. The molecule has 0 spiro atoms. The summed E-state index contributed by atoms with van der Waals surface area (Å²) < 4.78 is 0. The highest BCUT2D eigenvalue weighted by atomic mass is 16.4. The summed E-state index contributed by atoms with van der Waals surface area (Å²) in [5.41, 5.74) is 8.14. The summed E-state index contributed by atoms with van der Waals surface area (Å²) in [5.74, 6) is -13.3. The lowest BCUT2D eigenvalue weighted by molar-refractivity contribution is -0.149. The molecule has 8 N–H and O–H groups in total. The van der Waals surface area contributed by atoms with Gasteiger partial charge in [-0.3, -0.25) is 52.7 Å². The maximum absolute atomic E-state index is 13.9. The molecule has 0 aliphatic carbocycles. The highest BCUT2D eigenvalue weighted by Gasteiger charge is 2.34. The van der Waals surface area contributed by atoms with E-state index < -0.39 is 114 Å². The Morgan fingerprint density at radius 1 is 0.340 bits per heavy atom. The number of carbonyl (C=O) groups is 12. The van der Waals surface area contributed by atoms with Gasteiger partial charge >= 0.3 is 23.9 Å². The van der Waals surface area contributed by atoms with Gasteiger partial charge in [-0.2, -0.15) is 0 Å². The molecule has 4 amide bonds. The number of Topliss-reactive ketones (excluding diaryl/α,β-unsaturated/α-hetero) is 4. The Hall–Kier alpha value is -11.5. The number of nitrogens with one attached hydrogen (secondary N) is 4. The van der Waals surface area contributed by atoms with E-state index in [1.54, 1.807) is 98.9 Å². The van der Waals surface area contributed by atoms with Gasteiger partial charge in [0.15, 0.2) is 17.3 Å². The lowest BCUT2D eigenvalue weighted by Gasteiger charge is -2.23. The van der Waals surface area contributed by atoms with E-state index in [9.17, 15) is 67.7 Å². The summed E-state index contributed by atoms with van der Waals surface area (Å²) >= 11 is 0. The van der Waals surface area contributed by atoms with Gasteiger partial charge in [0.2, 0.25) is 17.7 Å². The van der Waals surface area contributed by atoms with Gasteiger partial charge < -0.3 is 41.7 Å². The van der Waals surface area contributed by atoms with Crippen LogP contribution in [0.4, 0.5) is 0 Å². The minimum absolute atomic E-state index is 0.00282. The molecule has 0 unspecified atom stereocenters. The fraction of sp³-hybridized carbons (Fsp3) is 0.275. The van der Waals surface area contributed by atoms with Crippen molar-refractivity contribution in [3.8, 4) is 0 Å². The molecule has 20 heteroatoms. The highest BCUT2D eigenvalue weighted by molar-refractivity contribution is 6.00. The van der Waals surface area contributed by atoms with Crippen LogP contribution in [0.2, 0.25) is 0 Å². The molecular formula is C80H84N4O16. The first-order valence-electron chi connectivity index (χ1n) is 32.8. The normalized spacial score (nSPS) is 13.4. The predicted octanol–water partition coefficient (Wildman–Crippen LogP) is 10.5. The topological polar surface area (TPSA) is 334 Å². The lowest BCUT2D eigenvalue weighted by Crippen LogP contribution is -2.47. The number of hydrogen-bond acceptors (Lipinski definition) is 12. The Morgan fingerprint density at radius 3 is 1.14 bits per heavy atom. The van der Waals surface area contributed by atoms with Gasteiger partial charge in [-0.25, -0.2) is 4.79 Å². The third kappa shape index (κ3) is 26.5. The smallest absolute Gasteiger partial charge is 0.326 e. The summed E-state index contributed by atoms with van der Waals surface area (Å²) in [5, 5.41) is 47.3. The number of benzene rings is 7. The second kappa shape index (κ2) is 39.6. The SMILES string of the molecule is CNC(=O)c1ccc(/C=C/c2ccc(/C=C/c3ccc(C(=O)C[C@@H](Cc4ccccc4)C(=O)N[C@@H](C)C(=O)C[C@@H](Cc4ccccc4)C(=O)N[C@@H](CC(=O)O)C(=O)O)cc3)cc2)cc1.C[C@H](CC(=O)[C@@H](C)Cc1ccccc1)C(=O)N[C@@H](Cc1ccccc1)C(=O)C[C@@H](CC(=O)O)C(=O)O. The Bertz CT molecular complexity index is 3990. The number of hydrogen-bond donors (Lipinski definition) is 8. The summed E-state index contributed by atoms with van der Waals surface area (Å²) in [4.78, 5) is 150. The molecule has 0 saturated carbocycles. The van der Waals surface area contributed by atoms with Crippen LogP contribution in [0.1, 0.15) is 125 Å². The van der Waals surface area contributed by atoms with Crippen molar-refractivity contribution in [1.29, 1.82) is 0 Å². The molecular weight excluding hydrogens is 1270 g/mol. The van der Waals surface area contributed by atoms with Crippen LogP contribution in [-0.4, -0.2) is 116 Å². The van der Waals surface area contributed by atoms with Crippen molar-refractivity contribution < 1.29 is 78.0 Å². The molecule has 0 fully saturated rings. The molecule has 520 valence electrons. The molecule has 0 radical (unpaired) electrons.